The lowest BCUT2D eigenvalue weighted by atomic mass is 10.2. The molecule has 0 aliphatic carbocycles. The molecular weight excluding hydrogens is 266 g/mol. The van der Waals surface area contributed by atoms with Crippen LogP contribution in [0.1, 0.15) is 20.3 Å². The molecule has 4 N–H and O–H groups in total. The minimum Gasteiger partial charge on any atom is -0.399 e. The van der Waals surface area contributed by atoms with Crippen LogP contribution in [-0.2, 0) is 0 Å². The zero-order valence-corrected chi connectivity index (χ0v) is 12.6. The fourth-order valence-electron chi connectivity index (χ4n) is 2.32. The largest absolute Gasteiger partial charge is 0.399 e. The number of likely N-dealkylation sites (N-methyl/N-ethyl adjacent to an activating group) is 1. The summed E-state index contributed by atoms with van der Waals surface area (Å²) in [5, 5.41) is 3.69. The Labute approximate surface area is 124 Å². The van der Waals surface area contributed by atoms with Crippen molar-refractivity contribution in [2.45, 2.75) is 20.3 Å². The van der Waals surface area contributed by atoms with Crippen LogP contribution < -0.4 is 16.6 Å². The van der Waals surface area contributed by atoms with Crippen molar-refractivity contribution in [3.05, 3.63) is 28.6 Å². The molecular formula is C15H23N5O. The van der Waals surface area contributed by atoms with Crippen molar-refractivity contribution < 1.29 is 0 Å². The van der Waals surface area contributed by atoms with E-state index in [0.717, 1.165) is 32.6 Å². The minimum absolute atomic E-state index is 0.171. The highest BCUT2D eigenvalue weighted by atomic mass is 16.1. The van der Waals surface area contributed by atoms with Crippen LogP contribution in [0.3, 0.4) is 0 Å². The molecule has 0 saturated heterocycles. The summed E-state index contributed by atoms with van der Waals surface area (Å²) >= 11 is 0. The quantitative estimate of drug-likeness (QED) is 0.675. The van der Waals surface area contributed by atoms with Gasteiger partial charge in [-0.1, -0.05) is 13.8 Å². The summed E-state index contributed by atoms with van der Waals surface area (Å²) < 4.78 is 0. The highest BCUT2D eigenvalue weighted by Gasteiger charge is 2.05. The molecule has 0 amide bonds. The Balaban J connectivity index is 2.06. The summed E-state index contributed by atoms with van der Waals surface area (Å²) in [6.07, 6.45) is 1.14. The number of hydrogen-bond acceptors (Lipinski definition) is 5. The smallest absolute Gasteiger partial charge is 0.260 e. The van der Waals surface area contributed by atoms with Crippen molar-refractivity contribution in [2.75, 3.05) is 37.2 Å². The normalized spacial score (nSPS) is 11.2. The van der Waals surface area contributed by atoms with Crippen LogP contribution in [0.4, 0.5) is 11.6 Å². The topological polar surface area (TPSA) is 87.0 Å². The molecule has 0 saturated carbocycles. The molecule has 114 valence electrons. The van der Waals surface area contributed by atoms with Gasteiger partial charge >= 0.3 is 0 Å². The summed E-state index contributed by atoms with van der Waals surface area (Å²) in [5.41, 5.74) is 6.73. The van der Waals surface area contributed by atoms with E-state index in [1.165, 1.54) is 0 Å². The van der Waals surface area contributed by atoms with E-state index in [9.17, 15) is 4.79 Å². The second-order valence-electron chi connectivity index (χ2n) is 5.05. The first-order valence-corrected chi connectivity index (χ1v) is 7.39. The highest BCUT2D eigenvalue weighted by Crippen LogP contribution is 2.12. The lowest BCUT2D eigenvalue weighted by molar-refractivity contribution is 0.300. The molecule has 2 aromatic rings. The number of hydrogen-bond donors (Lipinski definition) is 3. The molecule has 1 heterocycles. The zero-order valence-electron chi connectivity index (χ0n) is 12.6. The Morgan fingerprint density at radius 3 is 2.86 bits per heavy atom. The van der Waals surface area contributed by atoms with Gasteiger partial charge in [0.2, 0.25) is 5.95 Å². The van der Waals surface area contributed by atoms with Gasteiger partial charge in [0.05, 0.1) is 10.9 Å². The Bertz CT molecular complexity index is 652. The van der Waals surface area contributed by atoms with Crippen LogP contribution in [0.5, 0.6) is 0 Å². The monoisotopic (exact) mass is 289 g/mol. The molecule has 0 aliphatic heterocycles. The molecule has 1 aromatic carbocycles. The third kappa shape index (κ3) is 3.95. The highest BCUT2D eigenvalue weighted by molar-refractivity contribution is 5.81. The van der Waals surface area contributed by atoms with Gasteiger partial charge in [-0.15, -0.1) is 0 Å². The molecule has 0 aliphatic rings. The number of fused-ring (bicyclic) bond motifs is 1. The second-order valence-corrected chi connectivity index (χ2v) is 5.05. The Hall–Kier alpha value is -2.08. The number of nitrogen functional groups attached to an aromatic ring is 1. The molecule has 0 spiro atoms. The summed E-state index contributed by atoms with van der Waals surface area (Å²) in [4.78, 5) is 21.5. The van der Waals surface area contributed by atoms with Crippen LogP contribution in [0, 0.1) is 0 Å². The predicted molar refractivity (Wildman–Crippen MR) is 87.7 cm³/mol. The van der Waals surface area contributed by atoms with Crippen molar-refractivity contribution in [1.29, 1.82) is 0 Å². The molecule has 0 atom stereocenters. The van der Waals surface area contributed by atoms with Crippen LogP contribution in [0.2, 0.25) is 0 Å². The first kappa shape index (κ1) is 15.3. The third-order valence-electron chi connectivity index (χ3n) is 3.44. The molecule has 0 radical (unpaired) electrons. The van der Waals surface area contributed by atoms with Crippen LogP contribution in [0.25, 0.3) is 10.9 Å². The minimum atomic E-state index is -0.171. The average molecular weight is 289 g/mol. The summed E-state index contributed by atoms with van der Waals surface area (Å²) in [6, 6.07) is 5.16. The first-order chi connectivity index (χ1) is 10.1. The number of aromatic amines is 1. The standard InChI is InChI=1S/C15H23N5O/c1-3-8-20(4-2)9-7-17-15-18-13-6-5-11(16)10-12(13)14(21)19-15/h5-6,10H,3-4,7-9,16H2,1-2H3,(H2,17,18,19,21). The van der Waals surface area contributed by atoms with Gasteiger partial charge in [-0.3, -0.25) is 9.78 Å². The lowest BCUT2D eigenvalue weighted by Gasteiger charge is -2.19. The van der Waals surface area contributed by atoms with E-state index in [2.05, 4.69) is 34.0 Å². The molecule has 0 unspecified atom stereocenters. The molecule has 1 aromatic heterocycles. The molecule has 21 heavy (non-hydrogen) atoms. The third-order valence-corrected chi connectivity index (χ3v) is 3.44. The second kappa shape index (κ2) is 7.08. The SMILES string of the molecule is CCCN(CC)CCNc1nc2ccc(N)cc2c(=O)[nH]1. The van der Waals surface area contributed by atoms with Crippen molar-refractivity contribution in [3.8, 4) is 0 Å². The zero-order chi connectivity index (χ0) is 15.2. The van der Waals surface area contributed by atoms with Crippen molar-refractivity contribution in [2.24, 2.45) is 0 Å². The van der Waals surface area contributed by atoms with Crippen molar-refractivity contribution in [1.82, 2.24) is 14.9 Å². The Morgan fingerprint density at radius 1 is 1.33 bits per heavy atom. The number of anilines is 2. The number of benzene rings is 1. The number of nitrogens with two attached hydrogens (primary N) is 1. The number of aromatic nitrogens is 2. The van der Waals surface area contributed by atoms with Crippen molar-refractivity contribution in [3.63, 3.8) is 0 Å². The van der Waals surface area contributed by atoms with Gasteiger partial charge < -0.3 is 16.0 Å². The van der Waals surface area contributed by atoms with Gasteiger partial charge in [-0.25, -0.2) is 4.98 Å². The number of rotatable bonds is 7. The molecule has 6 nitrogen and oxygen atoms in total. The first-order valence-electron chi connectivity index (χ1n) is 7.39. The summed E-state index contributed by atoms with van der Waals surface area (Å²) in [7, 11) is 0. The van der Waals surface area contributed by atoms with E-state index >= 15 is 0 Å². The van der Waals surface area contributed by atoms with Gasteiger partial charge in [0.15, 0.2) is 0 Å². The van der Waals surface area contributed by atoms with Crippen LogP contribution in [-0.4, -0.2) is 41.0 Å². The summed E-state index contributed by atoms with van der Waals surface area (Å²) in [5.74, 6) is 0.504. The number of H-pyrrole nitrogens is 1. The van der Waals surface area contributed by atoms with E-state index in [1.54, 1.807) is 18.2 Å². The molecule has 0 fully saturated rings. The lowest BCUT2D eigenvalue weighted by Crippen LogP contribution is -2.30. The van der Waals surface area contributed by atoms with E-state index in [0.29, 0.717) is 22.5 Å². The maximum absolute atomic E-state index is 12.0. The van der Waals surface area contributed by atoms with E-state index < -0.39 is 0 Å². The van der Waals surface area contributed by atoms with Gasteiger partial charge in [0.25, 0.3) is 5.56 Å². The van der Waals surface area contributed by atoms with Crippen molar-refractivity contribution >= 4 is 22.5 Å². The van der Waals surface area contributed by atoms with Crippen LogP contribution in [0.15, 0.2) is 23.0 Å². The predicted octanol–water partition coefficient (Wildman–Crippen LogP) is 1.65. The van der Waals surface area contributed by atoms with E-state index in [4.69, 9.17) is 5.73 Å². The number of nitrogens with one attached hydrogen (secondary N) is 2. The van der Waals surface area contributed by atoms with Gasteiger partial charge in [0.1, 0.15) is 0 Å². The van der Waals surface area contributed by atoms with E-state index in [-0.39, 0.29) is 5.56 Å². The number of nitrogens with zero attached hydrogens (tertiary/aromatic N) is 2. The average Bonchev–Trinajstić information content (AvgIpc) is 2.47. The van der Waals surface area contributed by atoms with Gasteiger partial charge in [-0.2, -0.15) is 0 Å². The fourth-order valence-corrected chi connectivity index (χ4v) is 2.32. The molecule has 6 heteroatoms. The summed E-state index contributed by atoms with van der Waals surface area (Å²) in [6.45, 7) is 8.10. The Morgan fingerprint density at radius 2 is 2.14 bits per heavy atom. The Kier molecular flexibility index (Phi) is 5.16. The van der Waals surface area contributed by atoms with Gasteiger partial charge in [0, 0.05) is 18.8 Å². The fraction of sp³-hybridized carbons (Fsp3) is 0.467. The van der Waals surface area contributed by atoms with E-state index in [1.807, 2.05) is 0 Å². The molecule has 2 rings (SSSR count). The van der Waals surface area contributed by atoms with Gasteiger partial charge in [-0.05, 0) is 37.7 Å². The molecule has 0 bridgehead atoms. The maximum Gasteiger partial charge on any atom is 0.260 e. The maximum atomic E-state index is 12.0. The van der Waals surface area contributed by atoms with Crippen LogP contribution >= 0.6 is 0 Å².